The first-order chi connectivity index (χ1) is 7.26. The van der Waals surface area contributed by atoms with Crippen LogP contribution in [0.4, 0.5) is 0 Å². The highest BCUT2D eigenvalue weighted by atomic mass is 16.5. The van der Waals surface area contributed by atoms with Crippen molar-refractivity contribution in [2.75, 3.05) is 19.8 Å². The average Bonchev–Trinajstić information content (AvgIpc) is 2.28. The number of rotatable bonds is 6. The third-order valence-corrected chi connectivity index (χ3v) is 2.26. The van der Waals surface area contributed by atoms with Crippen LogP contribution >= 0.6 is 0 Å². The van der Waals surface area contributed by atoms with Gasteiger partial charge in [0.1, 0.15) is 5.75 Å². The van der Waals surface area contributed by atoms with E-state index in [1.807, 2.05) is 24.3 Å². The SMILES string of the molecule is CC(CN)COc1ccc(CCO)cc1. The molecule has 0 spiro atoms. The second-order valence-electron chi connectivity index (χ2n) is 3.77. The second kappa shape index (κ2) is 6.43. The van der Waals surface area contributed by atoms with Gasteiger partial charge in [0.2, 0.25) is 0 Å². The number of aliphatic hydroxyl groups excluding tert-OH is 1. The standard InChI is InChI=1S/C12H19NO2/c1-10(8-13)9-15-12-4-2-11(3-5-12)6-7-14/h2-5,10,14H,6-9,13H2,1H3. The maximum Gasteiger partial charge on any atom is 0.119 e. The summed E-state index contributed by atoms with van der Waals surface area (Å²) in [6, 6.07) is 7.79. The van der Waals surface area contributed by atoms with Crippen LogP contribution in [0.2, 0.25) is 0 Å². The first kappa shape index (κ1) is 12.0. The Balaban J connectivity index is 2.42. The molecule has 84 valence electrons. The Kier molecular flexibility index (Phi) is 5.15. The van der Waals surface area contributed by atoms with E-state index in [2.05, 4.69) is 6.92 Å². The molecule has 3 heteroatoms. The molecule has 1 atom stereocenters. The van der Waals surface area contributed by atoms with Crippen molar-refractivity contribution < 1.29 is 9.84 Å². The maximum atomic E-state index is 8.75. The van der Waals surface area contributed by atoms with Crippen LogP contribution in [0.5, 0.6) is 5.75 Å². The zero-order valence-corrected chi connectivity index (χ0v) is 9.15. The van der Waals surface area contributed by atoms with Gasteiger partial charge in [-0.3, -0.25) is 0 Å². The fraction of sp³-hybridized carbons (Fsp3) is 0.500. The number of hydrogen-bond acceptors (Lipinski definition) is 3. The number of benzene rings is 1. The lowest BCUT2D eigenvalue weighted by atomic mass is 10.1. The van der Waals surface area contributed by atoms with Crippen LogP contribution < -0.4 is 10.5 Å². The lowest BCUT2D eigenvalue weighted by Crippen LogP contribution is -2.18. The minimum atomic E-state index is 0.185. The molecule has 0 aliphatic heterocycles. The summed E-state index contributed by atoms with van der Waals surface area (Å²) in [5.41, 5.74) is 6.61. The molecule has 1 aromatic rings. The Labute approximate surface area is 90.9 Å². The van der Waals surface area contributed by atoms with E-state index in [4.69, 9.17) is 15.6 Å². The van der Waals surface area contributed by atoms with Gasteiger partial charge >= 0.3 is 0 Å². The summed E-state index contributed by atoms with van der Waals surface area (Å²) in [5.74, 6) is 1.24. The lowest BCUT2D eigenvalue weighted by molar-refractivity contribution is 0.264. The molecule has 0 bridgehead atoms. The summed E-state index contributed by atoms with van der Waals surface area (Å²) in [6.45, 7) is 3.53. The van der Waals surface area contributed by atoms with E-state index in [9.17, 15) is 0 Å². The summed E-state index contributed by atoms with van der Waals surface area (Å²) in [7, 11) is 0. The molecular weight excluding hydrogens is 190 g/mol. The summed E-state index contributed by atoms with van der Waals surface area (Å²) < 4.78 is 5.55. The Morgan fingerprint density at radius 3 is 2.53 bits per heavy atom. The van der Waals surface area contributed by atoms with E-state index in [0.717, 1.165) is 11.3 Å². The molecule has 0 aliphatic rings. The lowest BCUT2D eigenvalue weighted by Gasteiger charge is -2.11. The van der Waals surface area contributed by atoms with Crippen LogP contribution in [0.15, 0.2) is 24.3 Å². The summed E-state index contributed by atoms with van der Waals surface area (Å²) in [6.07, 6.45) is 0.694. The van der Waals surface area contributed by atoms with E-state index < -0.39 is 0 Å². The maximum absolute atomic E-state index is 8.75. The van der Waals surface area contributed by atoms with Gasteiger partial charge in [0.25, 0.3) is 0 Å². The molecule has 0 aromatic heterocycles. The van der Waals surface area contributed by atoms with Crippen molar-refractivity contribution in [3.63, 3.8) is 0 Å². The molecule has 0 saturated carbocycles. The first-order valence-corrected chi connectivity index (χ1v) is 5.29. The molecule has 15 heavy (non-hydrogen) atoms. The fourth-order valence-corrected chi connectivity index (χ4v) is 1.19. The topological polar surface area (TPSA) is 55.5 Å². The molecule has 3 N–H and O–H groups in total. The minimum absolute atomic E-state index is 0.185. The molecule has 0 radical (unpaired) electrons. The molecule has 1 rings (SSSR count). The van der Waals surface area contributed by atoms with E-state index >= 15 is 0 Å². The Bertz CT molecular complexity index is 271. The van der Waals surface area contributed by atoms with Crippen LogP contribution in [0.1, 0.15) is 12.5 Å². The first-order valence-electron chi connectivity index (χ1n) is 5.29. The van der Waals surface area contributed by atoms with Crippen molar-refractivity contribution in [2.45, 2.75) is 13.3 Å². The van der Waals surface area contributed by atoms with Crippen LogP contribution in [0.3, 0.4) is 0 Å². The highest BCUT2D eigenvalue weighted by Crippen LogP contribution is 2.13. The van der Waals surface area contributed by atoms with Crippen molar-refractivity contribution >= 4 is 0 Å². The van der Waals surface area contributed by atoms with Crippen molar-refractivity contribution in [3.05, 3.63) is 29.8 Å². The van der Waals surface area contributed by atoms with Crippen LogP contribution in [-0.4, -0.2) is 24.9 Å². The van der Waals surface area contributed by atoms with Gasteiger partial charge in [-0.15, -0.1) is 0 Å². The van der Waals surface area contributed by atoms with Gasteiger partial charge in [-0.25, -0.2) is 0 Å². The van der Waals surface area contributed by atoms with Crippen LogP contribution in [0.25, 0.3) is 0 Å². The normalized spacial score (nSPS) is 12.5. The number of hydrogen-bond donors (Lipinski definition) is 2. The summed E-state index contributed by atoms with van der Waals surface area (Å²) in [4.78, 5) is 0. The van der Waals surface area contributed by atoms with E-state index in [0.29, 0.717) is 25.5 Å². The molecule has 1 unspecified atom stereocenters. The quantitative estimate of drug-likeness (QED) is 0.740. The predicted molar refractivity (Wildman–Crippen MR) is 60.9 cm³/mol. The van der Waals surface area contributed by atoms with Gasteiger partial charge < -0.3 is 15.6 Å². The summed E-state index contributed by atoms with van der Waals surface area (Å²) in [5, 5.41) is 8.75. The molecule has 1 aromatic carbocycles. The molecule has 0 fully saturated rings. The third-order valence-electron chi connectivity index (χ3n) is 2.26. The van der Waals surface area contributed by atoms with Crippen molar-refractivity contribution in [3.8, 4) is 5.75 Å². The van der Waals surface area contributed by atoms with Crippen LogP contribution in [0, 0.1) is 5.92 Å². The summed E-state index contributed by atoms with van der Waals surface area (Å²) >= 11 is 0. The third kappa shape index (κ3) is 4.32. The highest BCUT2D eigenvalue weighted by Gasteiger charge is 2.00. The minimum Gasteiger partial charge on any atom is -0.493 e. The smallest absolute Gasteiger partial charge is 0.119 e. The Morgan fingerprint density at radius 2 is 2.00 bits per heavy atom. The fourth-order valence-electron chi connectivity index (χ4n) is 1.19. The molecule has 0 saturated heterocycles. The van der Waals surface area contributed by atoms with Gasteiger partial charge in [-0.2, -0.15) is 0 Å². The van der Waals surface area contributed by atoms with Crippen molar-refractivity contribution in [2.24, 2.45) is 11.7 Å². The number of aliphatic hydroxyl groups is 1. The zero-order chi connectivity index (χ0) is 11.1. The molecule has 0 amide bonds. The largest absolute Gasteiger partial charge is 0.493 e. The average molecular weight is 209 g/mol. The van der Waals surface area contributed by atoms with E-state index in [1.165, 1.54) is 0 Å². The van der Waals surface area contributed by atoms with Gasteiger partial charge in [0, 0.05) is 12.5 Å². The van der Waals surface area contributed by atoms with Crippen LogP contribution in [-0.2, 0) is 6.42 Å². The molecule has 0 aliphatic carbocycles. The van der Waals surface area contributed by atoms with E-state index in [1.54, 1.807) is 0 Å². The predicted octanol–water partition coefficient (Wildman–Crippen LogP) is 1.20. The number of nitrogens with two attached hydrogens (primary N) is 1. The molecular formula is C12H19NO2. The van der Waals surface area contributed by atoms with Gasteiger partial charge in [-0.1, -0.05) is 19.1 Å². The Morgan fingerprint density at radius 1 is 1.33 bits per heavy atom. The van der Waals surface area contributed by atoms with Gasteiger partial charge in [-0.05, 0) is 30.7 Å². The van der Waals surface area contributed by atoms with E-state index in [-0.39, 0.29) is 6.61 Å². The Hall–Kier alpha value is -1.06. The van der Waals surface area contributed by atoms with Gasteiger partial charge in [0.05, 0.1) is 6.61 Å². The molecule has 0 heterocycles. The number of ether oxygens (including phenoxy) is 1. The van der Waals surface area contributed by atoms with Crippen molar-refractivity contribution in [1.82, 2.24) is 0 Å². The van der Waals surface area contributed by atoms with Gasteiger partial charge in [0.15, 0.2) is 0 Å². The van der Waals surface area contributed by atoms with Crippen molar-refractivity contribution in [1.29, 1.82) is 0 Å². The zero-order valence-electron chi connectivity index (χ0n) is 9.15. The monoisotopic (exact) mass is 209 g/mol. The second-order valence-corrected chi connectivity index (χ2v) is 3.77. The molecule has 3 nitrogen and oxygen atoms in total. The highest BCUT2D eigenvalue weighted by molar-refractivity contribution is 5.27.